The van der Waals surface area contributed by atoms with E-state index in [1.54, 1.807) is 6.92 Å². The van der Waals surface area contributed by atoms with E-state index >= 15 is 0 Å². The second-order valence-corrected chi connectivity index (χ2v) is 5.20. The van der Waals surface area contributed by atoms with Gasteiger partial charge in [0.15, 0.2) is 0 Å². The van der Waals surface area contributed by atoms with Crippen LogP contribution in [0.4, 0.5) is 0 Å². The van der Waals surface area contributed by atoms with Crippen LogP contribution in [0.1, 0.15) is 32.6 Å². The molecule has 17 heavy (non-hydrogen) atoms. The van der Waals surface area contributed by atoms with Crippen molar-refractivity contribution >= 4 is 11.7 Å². The number of hydrogen-bond donors (Lipinski definition) is 1. The number of hydrogen-bond acceptors (Lipinski definition) is 3. The minimum absolute atomic E-state index is 0.0527. The number of carbonyl (C=O) groups is 2. The fourth-order valence-electron chi connectivity index (χ4n) is 2.47. The second-order valence-electron chi connectivity index (χ2n) is 5.20. The van der Waals surface area contributed by atoms with E-state index < -0.39 is 0 Å². The maximum Gasteiger partial charge on any atom is 0.223 e. The molecule has 0 aromatic rings. The van der Waals surface area contributed by atoms with Gasteiger partial charge in [-0.25, -0.2) is 0 Å². The first-order valence-corrected chi connectivity index (χ1v) is 6.45. The summed E-state index contributed by atoms with van der Waals surface area (Å²) in [7, 11) is 3.95. The van der Waals surface area contributed by atoms with Gasteiger partial charge in [-0.15, -0.1) is 0 Å². The topological polar surface area (TPSA) is 49.4 Å². The standard InChI is InChI=1S/C13H24N2O2/c1-10(16)11-6-4-5-7-12(11)13(17)14-8-9-15(2)3/h11-12H,4-9H2,1-3H3,(H,14,17)/t11-,12-/m0/s1. The summed E-state index contributed by atoms with van der Waals surface area (Å²) >= 11 is 0. The van der Waals surface area contributed by atoms with Gasteiger partial charge >= 0.3 is 0 Å². The molecule has 0 saturated heterocycles. The molecule has 1 fully saturated rings. The second kappa shape index (κ2) is 6.74. The van der Waals surface area contributed by atoms with Crippen molar-refractivity contribution in [1.29, 1.82) is 0 Å². The van der Waals surface area contributed by atoms with Crippen LogP contribution in [0.3, 0.4) is 0 Å². The summed E-state index contributed by atoms with van der Waals surface area (Å²) in [5.74, 6) is 0.0794. The van der Waals surface area contributed by atoms with Crippen LogP contribution in [-0.2, 0) is 9.59 Å². The highest BCUT2D eigenvalue weighted by Gasteiger charge is 2.33. The summed E-state index contributed by atoms with van der Waals surface area (Å²) in [6.45, 7) is 3.10. The first kappa shape index (κ1) is 14.2. The van der Waals surface area contributed by atoms with Crippen LogP contribution in [0.2, 0.25) is 0 Å². The minimum Gasteiger partial charge on any atom is -0.355 e. The van der Waals surface area contributed by atoms with Crippen molar-refractivity contribution in [2.45, 2.75) is 32.6 Å². The molecule has 0 heterocycles. The average molecular weight is 240 g/mol. The molecule has 0 aliphatic heterocycles. The maximum atomic E-state index is 12.0. The molecule has 1 saturated carbocycles. The molecular weight excluding hydrogens is 216 g/mol. The van der Waals surface area contributed by atoms with E-state index in [2.05, 4.69) is 5.32 Å². The van der Waals surface area contributed by atoms with Crippen molar-refractivity contribution in [1.82, 2.24) is 10.2 Å². The molecule has 1 aliphatic carbocycles. The number of nitrogens with one attached hydrogen (secondary N) is 1. The fourth-order valence-corrected chi connectivity index (χ4v) is 2.47. The lowest BCUT2D eigenvalue weighted by atomic mass is 9.77. The van der Waals surface area contributed by atoms with Crippen molar-refractivity contribution in [3.8, 4) is 0 Å². The molecule has 1 rings (SSSR count). The summed E-state index contributed by atoms with van der Waals surface area (Å²) < 4.78 is 0. The molecule has 1 N–H and O–H groups in total. The van der Waals surface area contributed by atoms with Gasteiger partial charge in [-0.05, 0) is 33.9 Å². The molecule has 1 aliphatic rings. The predicted molar refractivity (Wildman–Crippen MR) is 67.7 cm³/mol. The van der Waals surface area contributed by atoms with Crippen LogP contribution < -0.4 is 5.32 Å². The Morgan fingerprint density at radius 3 is 2.29 bits per heavy atom. The van der Waals surface area contributed by atoms with Crippen LogP contribution >= 0.6 is 0 Å². The molecule has 0 aromatic heterocycles. The molecule has 0 bridgehead atoms. The highest BCUT2D eigenvalue weighted by atomic mass is 16.2. The van der Waals surface area contributed by atoms with Crippen molar-refractivity contribution in [3.05, 3.63) is 0 Å². The van der Waals surface area contributed by atoms with E-state index in [1.165, 1.54) is 0 Å². The van der Waals surface area contributed by atoms with Crippen LogP contribution in [0, 0.1) is 11.8 Å². The summed E-state index contributed by atoms with van der Waals surface area (Å²) in [4.78, 5) is 25.6. The van der Waals surface area contributed by atoms with Crippen molar-refractivity contribution in [3.63, 3.8) is 0 Å². The summed E-state index contributed by atoms with van der Waals surface area (Å²) in [6.07, 6.45) is 3.88. The maximum absolute atomic E-state index is 12.0. The normalized spacial score (nSPS) is 24.7. The molecule has 1 amide bonds. The Hall–Kier alpha value is -0.900. The number of Topliss-reactive ketones (excluding diaryl/α,β-unsaturated/α-hetero) is 1. The molecule has 0 spiro atoms. The van der Waals surface area contributed by atoms with Crippen molar-refractivity contribution in [2.75, 3.05) is 27.2 Å². The molecule has 4 heteroatoms. The minimum atomic E-state index is -0.0941. The number of rotatable bonds is 5. The van der Waals surface area contributed by atoms with Gasteiger partial charge in [0.1, 0.15) is 5.78 Å². The number of amides is 1. The molecule has 2 atom stereocenters. The van der Waals surface area contributed by atoms with E-state index in [1.807, 2.05) is 19.0 Å². The molecule has 98 valence electrons. The highest BCUT2D eigenvalue weighted by molar-refractivity contribution is 5.87. The SMILES string of the molecule is CC(=O)[C@@H]1CCCC[C@@H]1C(=O)NCCN(C)C. The zero-order valence-corrected chi connectivity index (χ0v) is 11.2. The average Bonchev–Trinajstić information content (AvgIpc) is 2.28. The number of ketones is 1. The molecular formula is C13H24N2O2. The number of likely N-dealkylation sites (N-methyl/N-ethyl adjacent to an activating group) is 1. The van der Waals surface area contributed by atoms with Gasteiger partial charge < -0.3 is 10.2 Å². The molecule has 0 radical (unpaired) electrons. The zero-order chi connectivity index (χ0) is 12.8. The van der Waals surface area contributed by atoms with Gasteiger partial charge in [0.25, 0.3) is 0 Å². The number of nitrogens with zero attached hydrogens (tertiary/aromatic N) is 1. The lowest BCUT2D eigenvalue weighted by Crippen LogP contribution is -2.41. The van der Waals surface area contributed by atoms with Gasteiger partial charge in [0, 0.05) is 24.9 Å². The smallest absolute Gasteiger partial charge is 0.223 e. The van der Waals surface area contributed by atoms with Gasteiger partial charge in [-0.3, -0.25) is 9.59 Å². The van der Waals surface area contributed by atoms with Crippen LogP contribution in [-0.4, -0.2) is 43.8 Å². The monoisotopic (exact) mass is 240 g/mol. The third-order valence-electron chi connectivity index (χ3n) is 3.48. The Bertz CT molecular complexity index is 277. The van der Waals surface area contributed by atoms with Crippen molar-refractivity contribution in [2.24, 2.45) is 11.8 Å². The number of carbonyl (C=O) groups excluding carboxylic acids is 2. The zero-order valence-electron chi connectivity index (χ0n) is 11.2. The third kappa shape index (κ3) is 4.46. The lowest BCUT2D eigenvalue weighted by Gasteiger charge is -2.28. The summed E-state index contributed by atoms with van der Waals surface area (Å²) in [6, 6.07) is 0. The van der Waals surface area contributed by atoms with E-state index in [4.69, 9.17) is 0 Å². The molecule has 4 nitrogen and oxygen atoms in total. The van der Waals surface area contributed by atoms with E-state index in [0.717, 1.165) is 32.2 Å². The van der Waals surface area contributed by atoms with Crippen molar-refractivity contribution < 1.29 is 9.59 Å². The lowest BCUT2D eigenvalue weighted by molar-refractivity contribution is -0.134. The van der Waals surface area contributed by atoms with E-state index in [9.17, 15) is 9.59 Å². The fraction of sp³-hybridized carbons (Fsp3) is 0.846. The summed E-state index contributed by atoms with van der Waals surface area (Å²) in [5.41, 5.74) is 0. The van der Waals surface area contributed by atoms with Gasteiger partial charge in [-0.1, -0.05) is 12.8 Å². The van der Waals surface area contributed by atoms with Gasteiger partial charge in [0.2, 0.25) is 5.91 Å². The van der Waals surface area contributed by atoms with Crippen LogP contribution in [0.25, 0.3) is 0 Å². The highest BCUT2D eigenvalue weighted by Crippen LogP contribution is 2.30. The van der Waals surface area contributed by atoms with Gasteiger partial charge in [0.05, 0.1) is 0 Å². The Morgan fingerprint density at radius 1 is 1.18 bits per heavy atom. The van der Waals surface area contributed by atoms with E-state index in [0.29, 0.717) is 6.54 Å². The Balaban J connectivity index is 2.45. The Labute approximate surface area is 104 Å². The van der Waals surface area contributed by atoms with Gasteiger partial charge in [-0.2, -0.15) is 0 Å². The Morgan fingerprint density at radius 2 is 1.76 bits per heavy atom. The first-order valence-electron chi connectivity index (χ1n) is 6.45. The third-order valence-corrected chi connectivity index (χ3v) is 3.48. The van der Waals surface area contributed by atoms with Crippen LogP contribution in [0.15, 0.2) is 0 Å². The quantitative estimate of drug-likeness (QED) is 0.781. The molecule has 0 unspecified atom stereocenters. The van der Waals surface area contributed by atoms with E-state index in [-0.39, 0.29) is 23.5 Å². The van der Waals surface area contributed by atoms with Crippen LogP contribution in [0.5, 0.6) is 0 Å². The summed E-state index contributed by atoms with van der Waals surface area (Å²) in [5, 5.41) is 2.94. The first-order chi connectivity index (χ1) is 8.02. The molecule has 0 aromatic carbocycles. The largest absolute Gasteiger partial charge is 0.355 e. The predicted octanol–water partition coefficient (Wildman–Crippen LogP) is 1.06. The Kier molecular flexibility index (Phi) is 5.62.